The minimum atomic E-state index is 0.000522. The normalized spacial score (nSPS) is 11.3. The molecule has 29 heavy (non-hydrogen) atoms. The number of fused-ring (bicyclic) bond motifs is 3. The molecule has 0 atom stereocenters. The van der Waals surface area contributed by atoms with E-state index < -0.39 is 0 Å². The monoisotopic (exact) mass is 408 g/mol. The standard InChI is InChI=1S/C22H24N4O2S/c1-2-3-9-14-25-20(27)18-12-7-8-13-19(18)26-21(25)23-24-22(26)29-16-15-28-17-10-5-4-6-11-17/h4-8,10-13H,2-3,9,14-16H2,1H3. The van der Waals surface area contributed by atoms with Crippen molar-refractivity contribution in [3.8, 4) is 5.75 Å². The lowest BCUT2D eigenvalue weighted by molar-refractivity contribution is 0.344. The first-order valence-electron chi connectivity index (χ1n) is 9.97. The predicted molar refractivity (Wildman–Crippen MR) is 117 cm³/mol. The molecule has 7 heteroatoms. The second kappa shape index (κ2) is 9.13. The van der Waals surface area contributed by atoms with Gasteiger partial charge in [0.1, 0.15) is 5.75 Å². The maximum atomic E-state index is 13.0. The van der Waals surface area contributed by atoms with E-state index in [1.165, 1.54) is 0 Å². The molecule has 0 radical (unpaired) electrons. The van der Waals surface area contributed by atoms with Gasteiger partial charge in [-0.1, -0.05) is 61.9 Å². The Morgan fingerprint density at radius 2 is 1.79 bits per heavy atom. The van der Waals surface area contributed by atoms with E-state index in [4.69, 9.17) is 4.74 Å². The Balaban J connectivity index is 1.62. The highest BCUT2D eigenvalue weighted by Gasteiger charge is 2.16. The van der Waals surface area contributed by atoms with E-state index in [-0.39, 0.29) is 5.56 Å². The minimum Gasteiger partial charge on any atom is -0.493 e. The molecule has 2 heterocycles. The molecule has 4 aromatic rings. The number of nitrogens with zero attached hydrogens (tertiary/aromatic N) is 4. The number of aromatic nitrogens is 4. The van der Waals surface area contributed by atoms with Gasteiger partial charge in [-0.2, -0.15) is 0 Å². The van der Waals surface area contributed by atoms with Crippen molar-refractivity contribution >= 4 is 28.4 Å². The molecule has 0 spiro atoms. The molecule has 2 aromatic heterocycles. The van der Waals surface area contributed by atoms with E-state index in [1.807, 2.05) is 59.0 Å². The fourth-order valence-corrected chi connectivity index (χ4v) is 4.11. The third-order valence-corrected chi connectivity index (χ3v) is 5.68. The van der Waals surface area contributed by atoms with Crippen LogP contribution in [0.3, 0.4) is 0 Å². The topological polar surface area (TPSA) is 61.4 Å². The number of rotatable bonds is 9. The first-order valence-corrected chi connectivity index (χ1v) is 11.0. The van der Waals surface area contributed by atoms with Crippen LogP contribution < -0.4 is 10.3 Å². The maximum Gasteiger partial charge on any atom is 0.262 e. The van der Waals surface area contributed by atoms with Crippen molar-refractivity contribution in [2.24, 2.45) is 0 Å². The molecule has 0 amide bonds. The largest absolute Gasteiger partial charge is 0.493 e. The van der Waals surface area contributed by atoms with Crippen LogP contribution in [-0.4, -0.2) is 31.5 Å². The first kappa shape index (κ1) is 19.5. The number of thioether (sulfide) groups is 1. The Labute approximate surface area is 173 Å². The van der Waals surface area contributed by atoms with Gasteiger partial charge in [0, 0.05) is 12.3 Å². The van der Waals surface area contributed by atoms with E-state index in [0.717, 1.165) is 41.4 Å². The van der Waals surface area contributed by atoms with Crippen molar-refractivity contribution in [2.45, 2.75) is 37.9 Å². The Kier molecular flexibility index (Phi) is 6.14. The summed E-state index contributed by atoms with van der Waals surface area (Å²) in [5.74, 6) is 2.20. The molecule has 0 saturated carbocycles. The van der Waals surface area contributed by atoms with Gasteiger partial charge in [0.2, 0.25) is 5.78 Å². The highest BCUT2D eigenvalue weighted by molar-refractivity contribution is 7.99. The SMILES string of the molecule is CCCCCn1c(=O)c2ccccc2n2c(SCCOc3ccccc3)nnc12. The lowest BCUT2D eigenvalue weighted by Crippen LogP contribution is -2.23. The van der Waals surface area contributed by atoms with Crippen LogP contribution in [0.2, 0.25) is 0 Å². The van der Waals surface area contributed by atoms with Gasteiger partial charge in [0.15, 0.2) is 5.16 Å². The van der Waals surface area contributed by atoms with E-state index in [9.17, 15) is 4.79 Å². The molecule has 0 unspecified atom stereocenters. The highest BCUT2D eigenvalue weighted by atomic mass is 32.2. The van der Waals surface area contributed by atoms with Crippen LogP contribution in [0.15, 0.2) is 64.5 Å². The molecule has 6 nitrogen and oxygen atoms in total. The molecule has 0 bridgehead atoms. The van der Waals surface area contributed by atoms with Gasteiger partial charge in [-0.15, -0.1) is 10.2 Å². The third-order valence-electron chi connectivity index (χ3n) is 4.79. The molecule has 0 aliphatic heterocycles. The van der Waals surface area contributed by atoms with Crippen LogP contribution in [0.25, 0.3) is 16.7 Å². The minimum absolute atomic E-state index is 0.000522. The van der Waals surface area contributed by atoms with Crippen LogP contribution in [-0.2, 0) is 6.54 Å². The van der Waals surface area contributed by atoms with Gasteiger partial charge in [0.05, 0.1) is 17.5 Å². The van der Waals surface area contributed by atoms with Gasteiger partial charge >= 0.3 is 0 Å². The average Bonchev–Trinajstić information content (AvgIpc) is 3.18. The number of aryl methyl sites for hydroxylation is 1. The summed E-state index contributed by atoms with van der Waals surface area (Å²) in [6.07, 6.45) is 3.14. The van der Waals surface area contributed by atoms with Gasteiger partial charge < -0.3 is 4.74 Å². The second-order valence-corrected chi connectivity index (χ2v) is 7.87. The van der Waals surface area contributed by atoms with E-state index in [1.54, 1.807) is 16.3 Å². The van der Waals surface area contributed by atoms with E-state index in [2.05, 4.69) is 17.1 Å². The van der Waals surface area contributed by atoms with Crippen LogP contribution >= 0.6 is 11.8 Å². The number of ether oxygens (including phenoxy) is 1. The fraction of sp³-hybridized carbons (Fsp3) is 0.318. The lowest BCUT2D eigenvalue weighted by Gasteiger charge is -2.11. The first-order chi connectivity index (χ1) is 14.3. The van der Waals surface area contributed by atoms with Crippen LogP contribution in [0.1, 0.15) is 26.2 Å². The van der Waals surface area contributed by atoms with Crippen molar-refractivity contribution in [3.63, 3.8) is 0 Å². The number of hydrogen-bond donors (Lipinski definition) is 0. The zero-order valence-corrected chi connectivity index (χ0v) is 17.3. The summed E-state index contributed by atoms with van der Waals surface area (Å²) < 4.78 is 9.53. The molecule has 0 saturated heterocycles. The van der Waals surface area contributed by atoms with Gasteiger partial charge in [-0.05, 0) is 30.7 Å². The zero-order valence-electron chi connectivity index (χ0n) is 16.5. The van der Waals surface area contributed by atoms with Gasteiger partial charge in [0.25, 0.3) is 5.56 Å². The predicted octanol–water partition coefficient (Wildman–Crippen LogP) is 4.41. The van der Waals surface area contributed by atoms with Crippen LogP contribution in [0.5, 0.6) is 5.75 Å². The Morgan fingerprint density at radius 3 is 2.62 bits per heavy atom. The molecular formula is C22H24N4O2S. The highest BCUT2D eigenvalue weighted by Crippen LogP contribution is 2.22. The summed E-state index contributed by atoms with van der Waals surface area (Å²) in [7, 11) is 0. The number of benzene rings is 2. The second-order valence-electron chi connectivity index (χ2n) is 6.81. The lowest BCUT2D eigenvalue weighted by atomic mass is 10.2. The van der Waals surface area contributed by atoms with Crippen molar-refractivity contribution in [3.05, 3.63) is 65.0 Å². The molecule has 150 valence electrons. The molecule has 4 rings (SSSR count). The quantitative estimate of drug-likeness (QED) is 0.303. The summed E-state index contributed by atoms with van der Waals surface area (Å²) in [4.78, 5) is 13.0. The molecule has 0 fully saturated rings. The van der Waals surface area contributed by atoms with Crippen molar-refractivity contribution in [1.29, 1.82) is 0 Å². The Bertz CT molecular complexity index is 1150. The van der Waals surface area contributed by atoms with E-state index in [0.29, 0.717) is 24.3 Å². The van der Waals surface area contributed by atoms with Crippen molar-refractivity contribution in [1.82, 2.24) is 19.2 Å². The molecule has 0 aliphatic carbocycles. The zero-order chi connectivity index (χ0) is 20.1. The summed E-state index contributed by atoms with van der Waals surface area (Å²) in [5.41, 5.74) is 0.844. The third kappa shape index (κ3) is 4.15. The molecule has 2 aromatic carbocycles. The van der Waals surface area contributed by atoms with Gasteiger partial charge in [-0.3, -0.25) is 13.8 Å². The van der Waals surface area contributed by atoms with Crippen LogP contribution in [0.4, 0.5) is 0 Å². The summed E-state index contributed by atoms with van der Waals surface area (Å²) in [6, 6.07) is 17.4. The van der Waals surface area contributed by atoms with Crippen molar-refractivity contribution < 1.29 is 4.74 Å². The average molecular weight is 409 g/mol. The Hall–Kier alpha value is -2.80. The fourth-order valence-electron chi connectivity index (χ4n) is 3.36. The number of unbranched alkanes of at least 4 members (excludes halogenated alkanes) is 2. The number of hydrogen-bond acceptors (Lipinski definition) is 5. The van der Waals surface area contributed by atoms with Crippen LogP contribution in [0, 0.1) is 0 Å². The summed E-state index contributed by atoms with van der Waals surface area (Å²) in [5, 5.41) is 10.2. The molecular weight excluding hydrogens is 384 g/mol. The maximum absolute atomic E-state index is 13.0. The smallest absolute Gasteiger partial charge is 0.262 e. The summed E-state index contributed by atoms with van der Waals surface area (Å²) >= 11 is 1.58. The van der Waals surface area contributed by atoms with E-state index >= 15 is 0 Å². The van der Waals surface area contributed by atoms with Gasteiger partial charge in [-0.25, -0.2) is 0 Å². The summed E-state index contributed by atoms with van der Waals surface area (Å²) in [6.45, 7) is 3.38. The number of para-hydroxylation sites is 2. The Morgan fingerprint density at radius 1 is 1.00 bits per heavy atom. The van der Waals surface area contributed by atoms with Crippen molar-refractivity contribution in [2.75, 3.05) is 12.4 Å². The molecule has 0 aliphatic rings. The molecule has 0 N–H and O–H groups in total.